The molecule has 1 rings (SSSR count). The van der Waals surface area contributed by atoms with Crippen LogP contribution in [0, 0.1) is 9.39 Å². The van der Waals surface area contributed by atoms with Crippen molar-refractivity contribution in [2.75, 3.05) is 18.9 Å². The van der Waals surface area contributed by atoms with Gasteiger partial charge >= 0.3 is 12.0 Å². The number of anilines is 1. The van der Waals surface area contributed by atoms with Crippen molar-refractivity contribution in [3.63, 3.8) is 0 Å². The highest BCUT2D eigenvalue weighted by molar-refractivity contribution is 14.1. The maximum atomic E-state index is 12.9. The van der Waals surface area contributed by atoms with E-state index < -0.39 is 5.97 Å². The molecule has 0 aliphatic carbocycles. The highest BCUT2D eigenvalue weighted by Gasteiger charge is 2.11. The van der Waals surface area contributed by atoms with Crippen molar-refractivity contribution in [3.8, 4) is 0 Å². The van der Waals surface area contributed by atoms with Gasteiger partial charge in [-0.05, 0) is 47.2 Å². The van der Waals surface area contributed by atoms with E-state index in [0.29, 0.717) is 22.2 Å². The highest BCUT2D eigenvalue weighted by atomic mass is 127. The Hall–Kier alpha value is -1.38. The molecule has 1 aromatic carbocycles. The molecular formula is C12H14FIN2O3. The molecule has 0 heterocycles. The number of carboxylic acids is 1. The van der Waals surface area contributed by atoms with E-state index in [1.54, 1.807) is 7.05 Å². The van der Waals surface area contributed by atoms with Gasteiger partial charge in [0, 0.05) is 23.6 Å². The number of carboxylic acid groups (broad SMARTS) is 1. The lowest BCUT2D eigenvalue weighted by Gasteiger charge is -2.18. The van der Waals surface area contributed by atoms with Crippen molar-refractivity contribution in [2.45, 2.75) is 12.8 Å². The molecule has 0 unspecified atom stereocenters. The molecule has 0 radical (unpaired) electrons. The smallest absolute Gasteiger partial charge is 0.321 e. The first kappa shape index (κ1) is 15.7. The van der Waals surface area contributed by atoms with Crippen molar-refractivity contribution in [1.29, 1.82) is 0 Å². The van der Waals surface area contributed by atoms with Gasteiger partial charge in [0.2, 0.25) is 0 Å². The lowest BCUT2D eigenvalue weighted by molar-refractivity contribution is -0.137. The van der Waals surface area contributed by atoms with Gasteiger partial charge in [0.15, 0.2) is 0 Å². The molecule has 0 spiro atoms. The zero-order chi connectivity index (χ0) is 14.4. The van der Waals surface area contributed by atoms with Gasteiger partial charge in [0.05, 0.1) is 5.69 Å². The van der Waals surface area contributed by atoms with Crippen molar-refractivity contribution in [2.24, 2.45) is 0 Å². The number of halogens is 2. The Morgan fingerprint density at radius 2 is 2.16 bits per heavy atom. The van der Waals surface area contributed by atoms with E-state index in [9.17, 15) is 14.0 Å². The summed E-state index contributed by atoms with van der Waals surface area (Å²) < 4.78 is 13.5. The zero-order valence-electron chi connectivity index (χ0n) is 10.3. The van der Waals surface area contributed by atoms with Crippen molar-refractivity contribution < 1.29 is 19.1 Å². The number of nitrogens with one attached hydrogen (secondary N) is 1. The van der Waals surface area contributed by atoms with Crippen LogP contribution < -0.4 is 5.32 Å². The minimum atomic E-state index is -0.887. The fourth-order valence-corrected chi connectivity index (χ4v) is 1.98. The monoisotopic (exact) mass is 380 g/mol. The van der Waals surface area contributed by atoms with Crippen LogP contribution in [-0.4, -0.2) is 35.6 Å². The summed E-state index contributed by atoms with van der Waals surface area (Å²) in [6.07, 6.45) is 0.408. The van der Waals surface area contributed by atoms with Crippen LogP contribution in [0.1, 0.15) is 12.8 Å². The van der Waals surface area contributed by atoms with Gasteiger partial charge in [-0.15, -0.1) is 0 Å². The summed E-state index contributed by atoms with van der Waals surface area (Å²) in [5.74, 6) is -1.25. The molecule has 0 saturated carbocycles. The number of nitrogens with zero attached hydrogens (tertiary/aromatic N) is 1. The van der Waals surface area contributed by atoms with E-state index in [-0.39, 0.29) is 18.3 Å². The molecule has 7 heteroatoms. The SMILES string of the molecule is CN(CCCC(=O)O)C(=O)Nc1ccc(F)cc1I. The second-order valence-corrected chi connectivity index (χ2v) is 5.14. The molecule has 0 saturated heterocycles. The van der Waals surface area contributed by atoms with Gasteiger partial charge in [-0.25, -0.2) is 9.18 Å². The summed E-state index contributed by atoms with van der Waals surface area (Å²) in [5, 5.41) is 11.1. The average molecular weight is 380 g/mol. The zero-order valence-corrected chi connectivity index (χ0v) is 12.5. The molecule has 104 valence electrons. The minimum absolute atomic E-state index is 0.0195. The van der Waals surface area contributed by atoms with Gasteiger partial charge in [0.1, 0.15) is 5.82 Å². The molecular weight excluding hydrogens is 366 g/mol. The predicted octanol–water partition coefficient (Wildman–Crippen LogP) is 2.76. The number of amides is 2. The van der Waals surface area contributed by atoms with Crippen molar-refractivity contribution in [1.82, 2.24) is 4.90 Å². The molecule has 1 aromatic rings. The molecule has 0 aliphatic rings. The maximum Gasteiger partial charge on any atom is 0.321 e. The topological polar surface area (TPSA) is 69.6 Å². The van der Waals surface area contributed by atoms with Gasteiger partial charge in [-0.2, -0.15) is 0 Å². The van der Waals surface area contributed by atoms with E-state index in [4.69, 9.17) is 5.11 Å². The van der Waals surface area contributed by atoms with Gasteiger partial charge in [-0.1, -0.05) is 0 Å². The molecule has 19 heavy (non-hydrogen) atoms. The number of carbonyl (C=O) groups is 2. The van der Waals surface area contributed by atoms with Crippen LogP contribution >= 0.6 is 22.6 Å². The molecule has 0 fully saturated rings. The minimum Gasteiger partial charge on any atom is -0.481 e. The summed E-state index contributed by atoms with van der Waals surface area (Å²) >= 11 is 1.93. The van der Waals surface area contributed by atoms with E-state index >= 15 is 0 Å². The van der Waals surface area contributed by atoms with E-state index in [0.717, 1.165) is 0 Å². The summed E-state index contributed by atoms with van der Waals surface area (Å²) in [5.41, 5.74) is 0.525. The lowest BCUT2D eigenvalue weighted by atomic mass is 10.3. The molecule has 0 atom stereocenters. The number of benzene rings is 1. The Balaban J connectivity index is 2.51. The number of urea groups is 1. The molecule has 0 aromatic heterocycles. The Morgan fingerprint density at radius 3 is 2.74 bits per heavy atom. The molecule has 2 amide bonds. The van der Waals surface area contributed by atoms with Crippen LogP contribution in [0.4, 0.5) is 14.9 Å². The first-order valence-electron chi connectivity index (χ1n) is 5.59. The third kappa shape index (κ3) is 5.41. The summed E-state index contributed by atoms with van der Waals surface area (Å²) in [6.45, 7) is 0.343. The average Bonchev–Trinajstić information content (AvgIpc) is 2.32. The van der Waals surface area contributed by atoms with Crippen LogP contribution in [-0.2, 0) is 4.79 Å². The Morgan fingerprint density at radius 1 is 1.47 bits per heavy atom. The second-order valence-electron chi connectivity index (χ2n) is 3.97. The number of rotatable bonds is 5. The van der Waals surface area contributed by atoms with Crippen LogP contribution in [0.25, 0.3) is 0 Å². The number of hydrogen-bond acceptors (Lipinski definition) is 2. The first-order chi connectivity index (χ1) is 8.90. The highest BCUT2D eigenvalue weighted by Crippen LogP contribution is 2.19. The summed E-state index contributed by atoms with van der Waals surface area (Å²) in [7, 11) is 1.58. The fraction of sp³-hybridized carbons (Fsp3) is 0.333. The van der Waals surface area contributed by atoms with Crippen molar-refractivity contribution in [3.05, 3.63) is 27.6 Å². The van der Waals surface area contributed by atoms with Gasteiger partial charge < -0.3 is 15.3 Å². The summed E-state index contributed by atoms with van der Waals surface area (Å²) in [4.78, 5) is 23.5. The van der Waals surface area contributed by atoms with Gasteiger partial charge in [0.25, 0.3) is 0 Å². The standard InChI is InChI=1S/C12H14FIN2O3/c1-16(6-2-3-11(17)18)12(19)15-10-5-4-8(13)7-9(10)14/h4-5,7H,2-3,6H2,1H3,(H,15,19)(H,17,18). The largest absolute Gasteiger partial charge is 0.481 e. The number of carbonyl (C=O) groups excluding carboxylic acids is 1. The lowest BCUT2D eigenvalue weighted by Crippen LogP contribution is -2.32. The number of hydrogen-bond donors (Lipinski definition) is 2. The number of aliphatic carboxylic acids is 1. The van der Waals surface area contributed by atoms with Crippen LogP contribution in [0.3, 0.4) is 0 Å². The third-order valence-electron chi connectivity index (χ3n) is 2.40. The Bertz CT molecular complexity index is 482. The quantitative estimate of drug-likeness (QED) is 0.772. The molecule has 0 aliphatic heterocycles. The Kier molecular flexibility index (Phi) is 6.00. The van der Waals surface area contributed by atoms with Crippen LogP contribution in [0.2, 0.25) is 0 Å². The van der Waals surface area contributed by atoms with Gasteiger partial charge in [-0.3, -0.25) is 4.79 Å². The first-order valence-corrected chi connectivity index (χ1v) is 6.67. The normalized spacial score (nSPS) is 10.1. The Labute approximate surface area is 123 Å². The fourth-order valence-electron chi connectivity index (χ4n) is 1.37. The van der Waals surface area contributed by atoms with Crippen LogP contribution in [0.15, 0.2) is 18.2 Å². The van der Waals surface area contributed by atoms with E-state index in [1.165, 1.54) is 23.1 Å². The van der Waals surface area contributed by atoms with E-state index in [1.807, 2.05) is 22.6 Å². The third-order valence-corrected chi connectivity index (χ3v) is 3.30. The molecule has 0 bridgehead atoms. The van der Waals surface area contributed by atoms with Crippen LogP contribution in [0.5, 0.6) is 0 Å². The molecule has 2 N–H and O–H groups in total. The second kappa shape index (κ2) is 7.27. The molecule has 5 nitrogen and oxygen atoms in total. The van der Waals surface area contributed by atoms with E-state index in [2.05, 4.69) is 5.32 Å². The maximum absolute atomic E-state index is 12.9. The summed E-state index contributed by atoms with van der Waals surface area (Å²) in [6, 6.07) is 3.72. The predicted molar refractivity (Wildman–Crippen MR) is 77.6 cm³/mol. The van der Waals surface area contributed by atoms with Crippen molar-refractivity contribution >= 4 is 40.3 Å².